The fraction of sp³-hybridized carbons (Fsp3) is 0.412. The lowest BCUT2D eigenvalue weighted by atomic mass is 10.1. The Hall–Kier alpha value is -1.77. The number of nitrogens with one attached hydrogen (secondary N) is 2. The van der Waals surface area contributed by atoms with E-state index in [1.54, 1.807) is 13.3 Å². The molecule has 2 rings (SSSR count). The Morgan fingerprint density at radius 1 is 1.25 bits per heavy atom. The molecule has 2 aromatic rings. The van der Waals surface area contributed by atoms with E-state index >= 15 is 0 Å². The Bertz CT molecular complexity index is 630. The van der Waals surface area contributed by atoms with Crippen molar-refractivity contribution in [3.05, 3.63) is 47.3 Å². The lowest BCUT2D eigenvalue weighted by Crippen LogP contribution is -2.36. The molecule has 2 N–H and O–H groups in total. The number of halogens is 1. The van der Waals surface area contributed by atoms with Gasteiger partial charge in [0.1, 0.15) is 17.7 Å². The van der Waals surface area contributed by atoms with Crippen LogP contribution >= 0.6 is 24.0 Å². The maximum atomic E-state index is 5.83. The third-order valence-electron chi connectivity index (χ3n) is 3.28. The molecule has 7 heteroatoms. The average Bonchev–Trinajstić information content (AvgIpc) is 3.07. The molecule has 0 saturated carbocycles. The summed E-state index contributed by atoms with van der Waals surface area (Å²) in [5, 5.41) is 10.3. The number of hydrogen-bond donors (Lipinski definition) is 2. The highest BCUT2D eigenvalue weighted by Gasteiger charge is 2.06. The summed E-state index contributed by atoms with van der Waals surface area (Å²) in [7, 11) is 1.74. The minimum atomic E-state index is 0. The molecule has 0 saturated heterocycles. The Balaban J connectivity index is 0.00000288. The number of hydrogen-bond acceptors (Lipinski definition) is 4. The first-order chi connectivity index (χ1) is 11.2. The minimum absolute atomic E-state index is 0. The number of rotatable bonds is 7. The molecule has 132 valence electrons. The largest absolute Gasteiger partial charge is 0.493 e. The monoisotopic (exact) mass is 444 g/mol. The van der Waals surface area contributed by atoms with E-state index in [9.17, 15) is 0 Å². The SMILES string of the molecule is CCCOc1cc(C)ccc1CNC(=NC)NCc1ccon1.I. The Kier molecular flexibility index (Phi) is 9.21. The molecule has 0 spiro atoms. The van der Waals surface area contributed by atoms with Crippen LogP contribution in [0.1, 0.15) is 30.2 Å². The Morgan fingerprint density at radius 3 is 2.71 bits per heavy atom. The van der Waals surface area contributed by atoms with Gasteiger partial charge in [-0.3, -0.25) is 4.99 Å². The Morgan fingerprint density at radius 2 is 2.04 bits per heavy atom. The van der Waals surface area contributed by atoms with E-state index in [0.717, 1.165) is 30.0 Å². The van der Waals surface area contributed by atoms with E-state index in [1.165, 1.54) is 5.56 Å². The molecule has 0 atom stereocenters. The van der Waals surface area contributed by atoms with Crippen LogP contribution in [-0.4, -0.2) is 24.8 Å². The molecule has 0 aliphatic rings. The first-order valence-electron chi connectivity index (χ1n) is 7.79. The molecule has 24 heavy (non-hydrogen) atoms. The summed E-state index contributed by atoms with van der Waals surface area (Å²) in [5.74, 6) is 1.63. The molecule has 1 aromatic heterocycles. The molecule has 1 aromatic carbocycles. The van der Waals surface area contributed by atoms with Crippen molar-refractivity contribution >= 4 is 29.9 Å². The number of aryl methyl sites for hydroxylation is 1. The van der Waals surface area contributed by atoms with Crippen molar-refractivity contribution in [3.63, 3.8) is 0 Å². The zero-order chi connectivity index (χ0) is 16.5. The van der Waals surface area contributed by atoms with Crippen LogP contribution in [0, 0.1) is 6.92 Å². The van der Waals surface area contributed by atoms with E-state index < -0.39 is 0 Å². The van der Waals surface area contributed by atoms with Crippen molar-refractivity contribution in [3.8, 4) is 5.75 Å². The second kappa shape index (κ2) is 10.9. The van der Waals surface area contributed by atoms with Crippen molar-refractivity contribution in [2.24, 2.45) is 4.99 Å². The van der Waals surface area contributed by atoms with Gasteiger partial charge in [0, 0.05) is 25.2 Å². The zero-order valence-corrected chi connectivity index (χ0v) is 16.7. The van der Waals surface area contributed by atoms with Crippen LogP contribution in [0.3, 0.4) is 0 Å². The lowest BCUT2D eigenvalue weighted by Gasteiger charge is -2.15. The highest BCUT2D eigenvalue weighted by Crippen LogP contribution is 2.20. The fourth-order valence-corrected chi connectivity index (χ4v) is 2.06. The van der Waals surface area contributed by atoms with E-state index in [-0.39, 0.29) is 24.0 Å². The summed E-state index contributed by atoms with van der Waals surface area (Å²) >= 11 is 0. The molecular formula is C17H25IN4O2. The van der Waals surface area contributed by atoms with E-state index in [2.05, 4.69) is 52.8 Å². The van der Waals surface area contributed by atoms with Gasteiger partial charge < -0.3 is 19.9 Å². The van der Waals surface area contributed by atoms with Crippen LogP contribution in [0.25, 0.3) is 0 Å². The predicted molar refractivity (Wildman–Crippen MR) is 106 cm³/mol. The van der Waals surface area contributed by atoms with E-state index in [1.807, 2.05) is 6.07 Å². The van der Waals surface area contributed by atoms with Gasteiger partial charge in [-0.2, -0.15) is 0 Å². The van der Waals surface area contributed by atoms with Crippen LogP contribution in [0.5, 0.6) is 5.75 Å². The third kappa shape index (κ3) is 6.38. The first kappa shape index (κ1) is 20.3. The summed E-state index contributed by atoms with van der Waals surface area (Å²) in [6, 6.07) is 8.05. The standard InChI is InChI=1S/C17H24N4O2.HI/c1-4-8-22-16-10-13(2)5-6-14(16)11-19-17(18-3)20-12-15-7-9-23-21-15;/h5-7,9-10H,4,8,11-12H2,1-3H3,(H2,18,19,20);1H. The first-order valence-corrected chi connectivity index (χ1v) is 7.79. The summed E-state index contributed by atoms with van der Waals surface area (Å²) in [5.41, 5.74) is 3.12. The smallest absolute Gasteiger partial charge is 0.191 e. The average molecular weight is 444 g/mol. The quantitative estimate of drug-likeness (QED) is 0.390. The zero-order valence-electron chi connectivity index (χ0n) is 14.3. The van der Waals surface area contributed by atoms with Crippen molar-refractivity contribution in [2.75, 3.05) is 13.7 Å². The third-order valence-corrected chi connectivity index (χ3v) is 3.28. The van der Waals surface area contributed by atoms with Crippen LogP contribution in [-0.2, 0) is 13.1 Å². The second-order valence-corrected chi connectivity index (χ2v) is 5.23. The highest BCUT2D eigenvalue weighted by molar-refractivity contribution is 14.0. The van der Waals surface area contributed by atoms with Crippen LogP contribution < -0.4 is 15.4 Å². The number of guanidine groups is 1. The number of aliphatic imine (C=N–C) groups is 1. The van der Waals surface area contributed by atoms with Gasteiger partial charge in [-0.25, -0.2) is 0 Å². The van der Waals surface area contributed by atoms with Crippen molar-refractivity contribution < 1.29 is 9.26 Å². The Labute approximate surface area is 160 Å². The van der Waals surface area contributed by atoms with Crippen LogP contribution in [0.15, 0.2) is 40.0 Å². The molecule has 0 bridgehead atoms. The normalized spacial score (nSPS) is 10.9. The molecular weight excluding hydrogens is 419 g/mol. The van der Waals surface area contributed by atoms with Crippen LogP contribution in [0.4, 0.5) is 0 Å². The van der Waals surface area contributed by atoms with Gasteiger partial charge in [-0.15, -0.1) is 24.0 Å². The number of benzene rings is 1. The van der Waals surface area contributed by atoms with Gasteiger partial charge in [-0.05, 0) is 25.0 Å². The summed E-state index contributed by atoms with van der Waals surface area (Å²) in [6.45, 7) is 6.08. The molecule has 6 nitrogen and oxygen atoms in total. The van der Waals surface area contributed by atoms with Gasteiger partial charge >= 0.3 is 0 Å². The minimum Gasteiger partial charge on any atom is -0.493 e. The van der Waals surface area contributed by atoms with Gasteiger partial charge in [0.05, 0.1) is 13.2 Å². The predicted octanol–water partition coefficient (Wildman–Crippen LogP) is 3.26. The lowest BCUT2D eigenvalue weighted by molar-refractivity contribution is 0.313. The summed E-state index contributed by atoms with van der Waals surface area (Å²) in [4.78, 5) is 4.21. The maximum absolute atomic E-state index is 5.83. The van der Waals surface area contributed by atoms with Crippen LogP contribution in [0.2, 0.25) is 0 Å². The maximum Gasteiger partial charge on any atom is 0.191 e. The molecule has 0 aliphatic heterocycles. The number of aromatic nitrogens is 1. The molecule has 1 heterocycles. The molecule has 0 amide bonds. The van der Waals surface area contributed by atoms with Gasteiger partial charge in [-0.1, -0.05) is 24.2 Å². The van der Waals surface area contributed by atoms with Crippen molar-refractivity contribution in [1.29, 1.82) is 0 Å². The van der Waals surface area contributed by atoms with Crippen molar-refractivity contribution in [2.45, 2.75) is 33.4 Å². The summed E-state index contributed by atoms with van der Waals surface area (Å²) < 4.78 is 10.6. The molecule has 0 unspecified atom stereocenters. The van der Waals surface area contributed by atoms with Gasteiger partial charge in [0.25, 0.3) is 0 Å². The topological polar surface area (TPSA) is 71.7 Å². The van der Waals surface area contributed by atoms with Gasteiger partial charge in [0.15, 0.2) is 5.96 Å². The van der Waals surface area contributed by atoms with Crippen molar-refractivity contribution in [1.82, 2.24) is 15.8 Å². The summed E-state index contributed by atoms with van der Waals surface area (Å²) in [6.07, 6.45) is 2.54. The molecule has 0 fully saturated rings. The second-order valence-electron chi connectivity index (χ2n) is 5.23. The highest BCUT2D eigenvalue weighted by atomic mass is 127. The van der Waals surface area contributed by atoms with Gasteiger partial charge in [0.2, 0.25) is 0 Å². The molecule has 0 aliphatic carbocycles. The van der Waals surface area contributed by atoms with E-state index in [4.69, 9.17) is 9.26 Å². The van der Waals surface area contributed by atoms with E-state index in [0.29, 0.717) is 19.0 Å². The fourth-order valence-electron chi connectivity index (χ4n) is 2.06. The number of nitrogens with zero attached hydrogens (tertiary/aromatic N) is 2. The molecule has 0 radical (unpaired) electrons. The number of ether oxygens (including phenoxy) is 1.